The first-order chi connectivity index (χ1) is 12.6. The summed E-state index contributed by atoms with van der Waals surface area (Å²) in [6.07, 6.45) is 10.0. The van der Waals surface area contributed by atoms with Gasteiger partial charge in [-0.1, -0.05) is 51.2 Å². The lowest BCUT2D eigenvalue weighted by Crippen LogP contribution is -2.34. The van der Waals surface area contributed by atoms with Crippen molar-refractivity contribution in [2.24, 2.45) is 5.92 Å². The topological polar surface area (TPSA) is 55.8 Å². The molecular weight excluding hydrogens is 328 g/mol. The summed E-state index contributed by atoms with van der Waals surface area (Å²) in [7, 11) is 1.42. The van der Waals surface area contributed by atoms with E-state index >= 15 is 0 Å². The van der Waals surface area contributed by atoms with Gasteiger partial charge >= 0.3 is 5.97 Å². The minimum Gasteiger partial charge on any atom is -0.494 e. The first kappa shape index (κ1) is 20.8. The molecule has 0 aromatic heterocycles. The van der Waals surface area contributed by atoms with Gasteiger partial charge in [-0.2, -0.15) is 0 Å². The van der Waals surface area contributed by atoms with Gasteiger partial charge in [-0.3, -0.25) is 4.79 Å². The van der Waals surface area contributed by atoms with Crippen LogP contribution in [0.4, 0.5) is 0 Å². The molecule has 1 N–H and O–H groups in total. The highest BCUT2D eigenvalue weighted by molar-refractivity contribution is 5.72. The third kappa shape index (κ3) is 6.01. The van der Waals surface area contributed by atoms with Gasteiger partial charge in [0.1, 0.15) is 5.75 Å². The van der Waals surface area contributed by atoms with Crippen LogP contribution in [0.2, 0.25) is 0 Å². The minimum atomic E-state index is -0.845. The molecule has 1 aliphatic carbocycles. The molecule has 2 rings (SSSR count). The molecule has 1 saturated carbocycles. The van der Waals surface area contributed by atoms with Crippen LogP contribution < -0.4 is 4.74 Å². The number of benzene rings is 1. The summed E-state index contributed by atoms with van der Waals surface area (Å²) < 4.78 is 10.6. The Bertz CT molecular complexity index is 530. The maximum absolute atomic E-state index is 11.6. The van der Waals surface area contributed by atoms with Crippen molar-refractivity contribution in [3.05, 3.63) is 29.8 Å². The van der Waals surface area contributed by atoms with Crippen LogP contribution in [0, 0.1) is 5.92 Å². The number of rotatable bonds is 10. The van der Waals surface area contributed by atoms with E-state index < -0.39 is 5.60 Å². The molecule has 26 heavy (non-hydrogen) atoms. The first-order valence-electron chi connectivity index (χ1n) is 10.1. The summed E-state index contributed by atoms with van der Waals surface area (Å²) in [6, 6.07) is 7.79. The van der Waals surface area contributed by atoms with Gasteiger partial charge in [0.25, 0.3) is 0 Å². The molecule has 0 heterocycles. The molecule has 1 aliphatic rings. The number of hydrogen-bond donors (Lipinski definition) is 1. The van der Waals surface area contributed by atoms with Crippen molar-refractivity contribution in [2.45, 2.75) is 76.7 Å². The Labute approximate surface area is 157 Å². The Morgan fingerprint density at radius 3 is 2.31 bits per heavy atom. The number of esters is 1. The standard InChI is InChI=1S/C22H34O4/c1-3-4-5-6-7-8-17-26-20-11-9-19(10-12-20)22(24)15-13-18(14-16-22)21(23)25-2/h9-12,18,24H,3-8,13-17H2,1-2H3. The molecule has 4 heteroatoms. The van der Waals surface area contributed by atoms with Crippen LogP contribution in [0.25, 0.3) is 0 Å². The number of ether oxygens (including phenoxy) is 2. The largest absolute Gasteiger partial charge is 0.494 e. The number of methoxy groups -OCH3 is 1. The highest BCUT2D eigenvalue weighted by Gasteiger charge is 2.37. The number of unbranched alkanes of at least 4 members (excludes halogenated alkanes) is 5. The Morgan fingerprint density at radius 1 is 1.08 bits per heavy atom. The fourth-order valence-electron chi connectivity index (χ4n) is 3.72. The van der Waals surface area contributed by atoms with E-state index in [1.807, 2.05) is 24.3 Å². The predicted molar refractivity (Wildman–Crippen MR) is 103 cm³/mol. The highest BCUT2D eigenvalue weighted by Crippen LogP contribution is 2.40. The van der Waals surface area contributed by atoms with Crippen molar-refractivity contribution < 1.29 is 19.4 Å². The molecule has 146 valence electrons. The summed E-state index contributed by atoms with van der Waals surface area (Å²) in [5.41, 5.74) is 0.0650. The average Bonchev–Trinajstić information content (AvgIpc) is 2.67. The third-order valence-corrected chi connectivity index (χ3v) is 5.51. The summed E-state index contributed by atoms with van der Waals surface area (Å²) in [6.45, 7) is 2.98. The third-order valence-electron chi connectivity index (χ3n) is 5.51. The molecule has 0 unspecified atom stereocenters. The van der Waals surface area contributed by atoms with Gasteiger partial charge in [-0.15, -0.1) is 0 Å². The van der Waals surface area contributed by atoms with Crippen LogP contribution in [0.3, 0.4) is 0 Å². The Morgan fingerprint density at radius 2 is 1.69 bits per heavy atom. The molecule has 1 fully saturated rings. The van der Waals surface area contributed by atoms with E-state index in [2.05, 4.69) is 6.92 Å². The van der Waals surface area contributed by atoms with E-state index in [1.165, 1.54) is 39.2 Å². The van der Waals surface area contributed by atoms with E-state index in [9.17, 15) is 9.90 Å². The zero-order chi connectivity index (χ0) is 18.8. The molecular formula is C22H34O4. The van der Waals surface area contributed by atoms with E-state index in [-0.39, 0.29) is 11.9 Å². The van der Waals surface area contributed by atoms with Crippen LogP contribution >= 0.6 is 0 Å². The number of aliphatic hydroxyl groups is 1. The number of carbonyl (C=O) groups excluding carboxylic acids is 1. The zero-order valence-electron chi connectivity index (χ0n) is 16.3. The molecule has 0 radical (unpaired) electrons. The number of carbonyl (C=O) groups is 1. The smallest absolute Gasteiger partial charge is 0.308 e. The lowest BCUT2D eigenvalue weighted by Gasteiger charge is -2.35. The lowest BCUT2D eigenvalue weighted by atomic mass is 9.75. The molecule has 4 nitrogen and oxygen atoms in total. The van der Waals surface area contributed by atoms with Crippen molar-refractivity contribution in [3.63, 3.8) is 0 Å². The monoisotopic (exact) mass is 362 g/mol. The van der Waals surface area contributed by atoms with Crippen LogP contribution in [0.15, 0.2) is 24.3 Å². The molecule has 1 aromatic carbocycles. The van der Waals surface area contributed by atoms with Gasteiger partial charge in [0.05, 0.1) is 25.2 Å². The summed E-state index contributed by atoms with van der Waals surface area (Å²) in [5, 5.41) is 10.9. The van der Waals surface area contributed by atoms with E-state index in [0.717, 1.165) is 24.3 Å². The second kappa shape index (κ2) is 10.6. The fraction of sp³-hybridized carbons (Fsp3) is 0.682. The van der Waals surface area contributed by atoms with Crippen molar-refractivity contribution in [2.75, 3.05) is 13.7 Å². The van der Waals surface area contributed by atoms with Gasteiger partial charge in [-0.25, -0.2) is 0 Å². The fourth-order valence-corrected chi connectivity index (χ4v) is 3.72. The average molecular weight is 363 g/mol. The van der Waals surface area contributed by atoms with Gasteiger partial charge < -0.3 is 14.6 Å². The van der Waals surface area contributed by atoms with Gasteiger partial charge in [0.2, 0.25) is 0 Å². The van der Waals surface area contributed by atoms with E-state index in [0.29, 0.717) is 25.7 Å². The normalized spacial score (nSPS) is 22.8. The van der Waals surface area contributed by atoms with Crippen molar-refractivity contribution in [3.8, 4) is 5.75 Å². The summed E-state index contributed by atoms with van der Waals surface area (Å²) in [5.74, 6) is 0.611. The Kier molecular flexibility index (Phi) is 8.43. The summed E-state index contributed by atoms with van der Waals surface area (Å²) in [4.78, 5) is 11.6. The maximum atomic E-state index is 11.6. The van der Waals surface area contributed by atoms with Gasteiger partial charge in [0, 0.05) is 0 Å². The second-order valence-electron chi connectivity index (χ2n) is 7.47. The molecule has 0 amide bonds. The molecule has 0 bridgehead atoms. The maximum Gasteiger partial charge on any atom is 0.308 e. The highest BCUT2D eigenvalue weighted by atomic mass is 16.5. The lowest BCUT2D eigenvalue weighted by molar-refractivity contribution is -0.148. The van der Waals surface area contributed by atoms with Crippen LogP contribution in [-0.2, 0) is 15.1 Å². The van der Waals surface area contributed by atoms with Crippen molar-refractivity contribution in [1.82, 2.24) is 0 Å². The molecule has 0 atom stereocenters. The predicted octanol–water partition coefficient (Wildman–Crippen LogP) is 4.98. The Hall–Kier alpha value is -1.55. The minimum absolute atomic E-state index is 0.0831. The van der Waals surface area contributed by atoms with Crippen LogP contribution in [-0.4, -0.2) is 24.8 Å². The van der Waals surface area contributed by atoms with Crippen molar-refractivity contribution >= 4 is 5.97 Å². The summed E-state index contributed by atoms with van der Waals surface area (Å²) >= 11 is 0. The van der Waals surface area contributed by atoms with Crippen LogP contribution in [0.5, 0.6) is 5.75 Å². The van der Waals surface area contributed by atoms with Crippen molar-refractivity contribution in [1.29, 1.82) is 0 Å². The molecule has 0 saturated heterocycles. The SMILES string of the molecule is CCCCCCCCOc1ccc(C2(O)CCC(C(=O)OC)CC2)cc1. The quantitative estimate of drug-likeness (QED) is 0.471. The molecule has 1 aromatic rings. The van der Waals surface area contributed by atoms with E-state index in [4.69, 9.17) is 9.47 Å². The second-order valence-corrected chi connectivity index (χ2v) is 7.47. The number of hydrogen-bond acceptors (Lipinski definition) is 4. The molecule has 0 aliphatic heterocycles. The van der Waals surface area contributed by atoms with Crippen LogP contribution in [0.1, 0.15) is 76.7 Å². The zero-order valence-corrected chi connectivity index (χ0v) is 16.3. The Balaban J connectivity index is 1.75. The first-order valence-corrected chi connectivity index (χ1v) is 10.1. The van der Waals surface area contributed by atoms with E-state index in [1.54, 1.807) is 0 Å². The van der Waals surface area contributed by atoms with Gasteiger partial charge in [0.15, 0.2) is 0 Å². The molecule has 0 spiro atoms. The van der Waals surface area contributed by atoms with Gasteiger partial charge in [-0.05, 0) is 49.8 Å².